The SMILES string of the molecule is Cc1cc(C)n2nc(SCc3ccccc3C(=O)NC(C)c3cccc(Br)c3)nc2n1. The number of benzene rings is 2. The smallest absolute Gasteiger partial charge is 0.253 e. The van der Waals surface area contributed by atoms with Gasteiger partial charge >= 0.3 is 0 Å². The first-order valence-electron chi connectivity index (χ1n) is 9.89. The summed E-state index contributed by atoms with van der Waals surface area (Å²) in [6.45, 7) is 5.91. The van der Waals surface area contributed by atoms with E-state index in [1.165, 1.54) is 11.8 Å². The van der Waals surface area contributed by atoms with Crippen LogP contribution in [0.3, 0.4) is 0 Å². The lowest BCUT2D eigenvalue weighted by Gasteiger charge is -2.16. The average Bonchev–Trinajstić information content (AvgIpc) is 3.15. The number of nitrogens with zero attached hydrogens (tertiary/aromatic N) is 4. The van der Waals surface area contributed by atoms with E-state index < -0.39 is 0 Å². The standard InChI is InChI=1S/C23H22BrN5OS/c1-14-11-15(2)29-22(25-14)27-23(28-29)31-13-18-7-4-5-10-20(18)21(30)26-16(3)17-8-6-9-19(24)12-17/h4-12,16H,13H2,1-3H3,(H,26,30). The van der Waals surface area contributed by atoms with Crippen molar-refractivity contribution in [1.29, 1.82) is 0 Å². The number of carbonyl (C=O) groups excluding carboxylic acids is 1. The van der Waals surface area contributed by atoms with E-state index in [9.17, 15) is 4.79 Å². The van der Waals surface area contributed by atoms with Crippen LogP contribution < -0.4 is 5.32 Å². The van der Waals surface area contributed by atoms with Gasteiger partial charge in [-0.05, 0) is 56.2 Å². The fourth-order valence-electron chi connectivity index (χ4n) is 3.35. The highest BCUT2D eigenvalue weighted by molar-refractivity contribution is 9.10. The minimum Gasteiger partial charge on any atom is -0.346 e. The number of aryl methyl sites for hydroxylation is 2. The predicted molar refractivity (Wildman–Crippen MR) is 126 cm³/mol. The summed E-state index contributed by atoms with van der Waals surface area (Å²) in [5, 5.41) is 8.28. The molecule has 4 aromatic rings. The van der Waals surface area contributed by atoms with E-state index in [0.29, 0.717) is 22.3 Å². The summed E-state index contributed by atoms with van der Waals surface area (Å²) in [5.41, 5.74) is 4.54. The molecule has 0 radical (unpaired) electrons. The van der Waals surface area contributed by atoms with Crippen LogP contribution in [0.15, 0.2) is 64.2 Å². The molecular weight excluding hydrogens is 474 g/mol. The molecule has 0 spiro atoms. The topological polar surface area (TPSA) is 72.2 Å². The molecule has 0 saturated heterocycles. The zero-order valence-corrected chi connectivity index (χ0v) is 19.9. The first-order chi connectivity index (χ1) is 14.9. The highest BCUT2D eigenvalue weighted by atomic mass is 79.9. The van der Waals surface area contributed by atoms with Crippen LogP contribution in [0.1, 0.15) is 45.8 Å². The third-order valence-corrected chi connectivity index (χ3v) is 6.29. The van der Waals surface area contributed by atoms with Gasteiger partial charge in [-0.1, -0.05) is 58.0 Å². The lowest BCUT2D eigenvalue weighted by Crippen LogP contribution is -2.27. The summed E-state index contributed by atoms with van der Waals surface area (Å²) in [5.74, 6) is 1.08. The quantitative estimate of drug-likeness (QED) is 0.368. The van der Waals surface area contributed by atoms with Crippen molar-refractivity contribution in [2.75, 3.05) is 0 Å². The second-order valence-electron chi connectivity index (χ2n) is 7.34. The Labute approximate surface area is 193 Å². The van der Waals surface area contributed by atoms with Gasteiger partial charge in [-0.3, -0.25) is 4.79 Å². The van der Waals surface area contributed by atoms with Crippen LogP contribution >= 0.6 is 27.7 Å². The number of thioether (sulfide) groups is 1. The van der Waals surface area contributed by atoms with E-state index >= 15 is 0 Å². The molecule has 2 aromatic carbocycles. The fraction of sp³-hybridized carbons (Fsp3) is 0.217. The van der Waals surface area contributed by atoms with Gasteiger partial charge in [-0.25, -0.2) is 9.50 Å². The molecule has 8 heteroatoms. The summed E-state index contributed by atoms with van der Waals surface area (Å²) in [7, 11) is 0. The summed E-state index contributed by atoms with van der Waals surface area (Å²) in [4.78, 5) is 21.9. The van der Waals surface area contributed by atoms with Gasteiger partial charge in [0.1, 0.15) is 0 Å². The van der Waals surface area contributed by atoms with Gasteiger partial charge in [0.2, 0.25) is 5.16 Å². The van der Waals surface area contributed by atoms with E-state index in [2.05, 4.69) is 36.3 Å². The van der Waals surface area contributed by atoms with Crippen LogP contribution in [0.4, 0.5) is 0 Å². The van der Waals surface area contributed by atoms with Crippen LogP contribution in [0.5, 0.6) is 0 Å². The Morgan fingerprint density at radius 2 is 1.94 bits per heavy atom. The summed E-state index contributed by atoms with van der Waals surface area (Å²) < 4.78 is 2.73. The number of carbonyl (C=O) groups is 1. The number of nitrogens with one attached hydrogen (secondary N) is 1. The van der Waals surface area contributed by atoms with Gasteiger partial charge in [0.15, 0.2) is 0 Å². The van der Waals surface area contributed by atoms with Crippen molar-refractivity contribution in [3.05, 3.63) is 87.1 Å². The molecule has 0 aliphatic carbocycles. The van der Waals surface area contributed by atoms with E-state index in [-0.39, 0.29) is 11.9 Å². The Morgan fingerprint density at radius 1 is 1.13 bits per heavy atom. The summed E-state index contributed by atoms with van der Waals surface area (Å²) in [6.07, 6.45) is 0. The summed E-state index contributed by atoms with van der Waals surface area (Å²) in [6, 6.07) is 17.5. The Bertz CT molecular complexity index is 1260. The number of hydrogen-bond acceptors (Lipinski definition) is 5. The zero-order chi connectivity index (χ0) is 22.0. The molecule has 0 aliphatic rings. The normalized spacial score (nSPS) is 12.1. The molecule has 4 rings (SSSR count). The van der Waals surface area contributed by atoms with Crippen molar-refractivity contribution < 1.29 is 4.79 Å². The van der Waals surface area contributed by atoms with Gasteiger partial charge in [0, 0.05) is 27.2 Å². The van der Waals surface area contributed by atoms with Gasteiger partial charge in [-0.15, -0.1) is 5.10 Å². The molecule has 0 bridgehead atoms. The lowest BCUT2D eigenvalue weighted by molar-refractivity contribution is 0.0939. The van der Waals surface area contributed by atoms with Crippen LogP contribution in [0.2, 0.25) is 0 Å². The number of rotatable bonds is 6. The molecule has 1 N–H and O–H groups in total. The molecule has 2 heterocycles. The van der Waals surface area contributed by atoms with Crippen molar-refractivity contribution in [2.45, 2.75) is 37.7 Å². The number of amides is 1. The van der Waals surface area contributed by atoms with E-state index in [1.54, 1.807) is 4.52 Å². The molecule has 6 nitrogen and oxygen atoms in total. The van der Waals surface area contributed by atoms with E-state index in [4.69, 9.17) is 0 Å². The van der Waals surface area contributed by atoms with Crippen molar-refractivity contribution >= 4 is 39.4 Å². The Kier molecular flexibility index (Phi) is 6.38. The highest BCUT2D eigenvalue weighted by Crippen LogP contribution is 2.24. The van der Waals surface area contributed by atoms with Crippen LogP contribution in [-0.4, -0.2) is 25.5 Å². The highest BCUT2D eigenvalue weighted by Gasteiger charge is 2.16. The second kappa shape index (κ2) is 9.20. The zero-order valence-electron chi connectivity index (χ0n) is 17.5. The molecule has 1 unspecified atom stereocenters. The Morgan fingerprint density at radius 3 is 2.74 bits per heavy atom. The number of aromatic nitrogens is 4. The number of halogens is 1. The van der Waals surface area contributed by atoms with Crippen molar-refractivity contribution in [2.24, 2.45) is 0 Å². The molecule has 1 atom stereocenters. The Hall–Kier alpha value is -2.71. The molecule has 2 aromatic heterocycles. The van der Waals surface area contributed by atoms with Crippen molar-refractivity contribution in [3.8, 4) is 0 Å². The van der Waals surface area contributed by atoms with Crippen LogP contribution in [-0.2, 0) is 5.75 Å². The maximum absolute atomic E-state index is 13.0. The molecular formula is C23H22BrN5OS. The number of hydrogen-bond donors (Lipinski definition) is 1. The van der Waals surface area contributed by atoms with Crippen LogP contribution in [0.25, 0.3) is 5.78 Å². The third-order valence-electron chi connectivity index (χ3n) is 4.91. The van der Waals surface area contributed by atoms with Gasteiger partial charge in [0.05, 0.1) is 6.04 Å². The van der Waals surface area contributed by atoms with Crippen molar-refractivity contribution in [3.63, 3.8) is 0 Å². The van der Waals surface area contributed by atoms with E-state index in [1.807, 2.05) is 75.4 Å². The molecule has 31 heavy (non-hydrogen) atoms. The molecule has 1 amide bonds. The predicted octanol–water partition coefficient (Wildman–Crippen LogP) is 5.29. The minimum absolute atomic E-state index is 0.0974. The lowest BCUT2D eigenvalue weighted by atomic mass is 10.1. The molecule has 0 fully saturated rings. The molecule has 158 valence electrons. The van der Waals surface area contributed by atoms with Gasteiger partial charge in [-0.2, -0.15) is 4.98 Å². The van der Waals surface area contributed by atoms with Gasteiger partial charge < -0.3 is 5.32 Å². The first kappa shape index (κ1) is 21.5. The number of fused-ring (bicyclic) bond motifs is 1. The second-order valence-corrected chi connectivity index (χ2v) is 9.20. The Balaban J connectivity index is 1.49. The molecule has 0 aliphatic heterocycles. The van der Waals surface area contributed by atoms with Gasteiger partial charge in [0.25, 0.3) is 11.7 Å². The maximum Gasteiger partial charge on any atom is 0.253 e. The summed E-state index contributed by atoms with van der Waals surface area (Å²) >= 11 is 4.98. The first-order valence-corrected chi connectivity index (χ1v) is 11.7. The van der Waals surface area contributed by atoms with Crippen molar-refractivity contribution in [1.82, 2.24) is 24.9 Å². The fourth-order valence-corrected chi connectivity index (χ4v) is 4.59. The average molecular weight is 496 g/mol. The molecule has 0 saturated carbocycles. The van der Waals surface area contributed by atoms with E-state index in [0.717, 1.165) is 27.0 Å². The largest absolute Gasteiger partial charge is 0.346 e. The monoisotopic (exact) mass is 495 g/mol. The third kappa shape index (κ3) is 4.97. The maximum atomic E-state index is 13.0. The minimum atomic E-state index is -0.108. The van der Waals surface area contributed by atoms with Crippen LogP contribution in [0, 0.1) is 13.8 Å².